The summed E-state index contributed by atoms with van der Waals surface area (Å²) < 4.78 is 5.21. The number of carbonyl (C=O) groups excluding carboxylic acids is 1. The van der Waals surface area contributed by atoms with Crippen molar-refractivity contribution in [2.24, 2.45) is 0 Å². The lowest BCUT2D eigenvalue weighted by molar-refractivity contribution is -0.121. The van der Waals surface area contributed by atoms with Crippen molar-refractivity contribution in [2.45, 2.75) is 25.8 Å². The number of rotatable bonds is 8. The highest BCUT2D eigenvalue weighted by atomic mass is 16.5. The van der Waals surface area contributed by atoms with E-state index in [-0.39, 0.29) is 11.9 Å². The van der Waals surface area contributed by atoms with E-state index >= 15 is 0 Å². The van der Waals surface area contributed by atoms with Gasteiger partial charge < -0.3 is 15.0 Å². The van der Waals surface area contributed by atoms with Gasteiger partial charge in [0.1, 0.15) is 5.75 Å². The maximum absolute atomic E-state index is 12.2. The molecule has 0 fully saturated rings. The van der Waals surface area contributed by atoms with Gasteiger partial charge in [-0.25, -0.2) is 0 Å². The van der Waals surface area contributed by atoms with Gasteiger partial charge in [0.2, 0.25) is 5.91 Å². The number of ether oxygens (including phenoxy) is 1. The van der Waals surface area contributed by atoms with E-state index in [9.17, 15) is 4.79 Å². The highest BCUT2D eigenvalue weighted by Crippen LogP contribution is 2.20. The molecule has 0 aromatic heterocycles. The molecule has 0 heterocycles. The van der Waals surface area contributed by atoms with Gasteiger partial charge in [0.25, 0.3) is 0 Å². The second-order valence-electron chi connectivity index (χ2n) is 6.54. The molecule has 0 radical (unpaired) electrons. The molecule has 1 atom stereocenters. The smallest absolute Gasteiger partial charge is 0.220 e. The number of aryl methyl sites for hydroxylation is 2. The van der Waals surface area contributed by atoms with Crippen LogP contribution in [0.3, 0.4) is 0 Å². The third-order valence-electron chi connectivity index (χ3n) is 4.38. The van der Waals surface area contributed by atoms with E-state index in [1.807, 2.05) is 38.4 Å². The zero-order chi connectivity index (χ0) is 18.2. The fourth-order valence-electron chi connectivity index (χ4n) is 2.74. The van der Waals surface area contributed by atoms with E-state index < -0.39 is 0 Å². The van der Waals surface area contributed by atoms with Crippen LogP contribution in [0.4, 0.5) is 0 Å². The predicted octanol–water partition coefficient (Wildman–Crippen LogP) is 3.36. The van der Waals surface area contributed by atoms with Gasteiger partial charge in [-0.15, -0.1) is 0 Å². The van der Waals surface area contributed by atoms with Crippen LogP contribution in [-0.2, 0) is 11.2 Å². The van der Waals surface area contributed by atoms with Crippen LogP contribution in [0.25, 0.3) is 0 Å². The molecule has 0 aliphatic rings. The summed E-state index contributed by atoms with van der Waals surface area (Å²) in [6.45, 7) is 2.66. The summed E-state index contributed by atoms with van der Waals surface area (Å²) >= 11 is 0. The lowest BCUT2D eigenvalue weighted by Crippen LogP contribution is -2.34. The number of likely N-dealkylation sites (N-methyl/N-ethyl adjacent to an activating group) is 1. The Balaban J connectivity index is 1.87. The molecule has 2 rings (SSSR count). The Kier molecular flexibility index (Phi) is 7.02. The van der Waals surface area contributed by atoms with Crippen LogP contribution in [0, 0.1) is 6.92 Å². The van der Waals surface area contributed by atoms with E-state index in [1.54, 1.807) is 7.11 Å². The van der Waals surface area contributed by atoms with Crippen LogP contribution in [0.2, 0.25) is 0 Å². The molecule has 1 unspecified atom stereocenters. The molecule has 0 saturated heterocycles. The van der Waals surface area contributed by atoms with E-state index in [4.69, 9.17) is 4.74 Å². The zero-order valence-electron chi connectivity index (χ0n) is 15.6. The molecule has 1 N–H and O–H groups in total. The largest absolute Gasteiger partial charge is 0.497 e. The Morgan fingerprint density at radius 1 is 1.08 bits per heavy atom. The number of nitrogens with one attached hydrogen (secondary N) is 1. The Bertz CT molecular complexity index is 663. The van der Waals surface area contributed by atoms with Crippen molar-refractivity contribution in [2.75, 3.05) is 27.7 Å². The summed E-state index contributed by atoms with van der Waals surface area (Å²) in [5.41, 5.74) is 3.59. The van der Waals surface area contributed by atoms with Gasteiger partial charge in [-0.05, 0) is 50.7 Å². The van der Waals surface area contributed by atoms with Crippen molar-refractivity contribution in [3.05, 3.63) is 65.2 Å². The van der Waals surface area contributed by atoms with E-state index in [0.29, 0.717) is 13.0 Å². The van der Waals surface area contributed by atoms with Gasteiger partial charge >= 0.3 is 0 Å². The molecule has 134 valence electrons. The van der Waals surface area contributed by atoms with Crippen molar-refractivity contribution in [1.82, 2.24) is 10.2 Å². The van der Waals surface area contributed by atoms with E-state index in [1.165, 1.54) is 11.1 Å². The first-order valence-corrected chi connectivity index (χ1v) is 8.62. The molecule has 0 saturated carbocycles. The summed E-state index contributed by atoms with van der Waals surface area (Å²) in [6, 6.07) is 16.5. The SMILES string of the molecule is COc1ccc(C(CNC(=O)CCc2ccc(C)cc2)N(C)C)cc1. The molecule has 4 heteroatoms. The predicted molar refractivity (Wildman–Crippen MR) is 102 cm³/mol. The quantitative estimate of drug-likeness (QED) is 0.801. The highest BCUT2D eigenvalue weighted by Gasteiger charge is 2.15. The molecule has 0 aliphatic carbocycles. The van der Waals surface area contributed by atoms with Crippen molar-refractivity contribution < 1.29 is 9.53 Å². The van der Waals surface area contributed by atoms with Gasteiger partial charge in [0.15, 0.2) is 0 Å². The number of amides is 1. The van der Waals surface area contributed by atoms with Gasteiger partial charge in [-0.2, -0.15) is 0 Å². The Morgan fingerprint density at radius 3 is 2.28 bits per heavy atom. The molecule has 2 aromatic carbocycles. The first kappa shape index (κ1) is 19.0. The summed E-state index contributed by atoms with van der Waals surface area (Å²) in [4.78, 5) is 14.3. The second-order valence-corrected chi connectivity index (χ2v) is 6.54. The topological polar surface area (TPSA) is 41.6 Å². The van der Waals surface area contributed by atoms with Gasteiger partial charge in [-0.1, -0.05) is 42.0 Å². The number of hydrogen-bond donors (Lipinski definition) is 1. The average molecular weight is 340 g/mol. The lowest BCUT2D eigenvalue weighted by atomic mass is 10.1. The minimum Gasteiger partial charge on any atom is -0.497 e. The van der Waals surface area contributed by atoms with Crippen molar-refractivity contribution in [3.63, 3.8) is 0 Å². The maximum Gasteiger partial charge on any atom is 0.220 e. The van der Waals surface area contributed by atoms with Gasteiger partial charge in [-0.3, -0.25) is 4.79 Å². The van der Waals surface area contributed by atoms with Crippen LogP contribution < -0.4 is 10.1 Å². The number of methoxy groups -OCH3 is 1. The highest BCUT2D eigenvalue weighted by molar-refractivity contribution is 5.76. The van der Waals surface area contributed by atoms with Crippen molar-refractivity contribution in [3.8, 4) is 5.75 Å². The minimum atomic E-state index is 0.0842. The summed E-state index contributed by atoms with van der Waals surface area (Å²) in [5, 5.41) is 3.06. The van der Waals surface area contributed by atoms with Crippen LogP contribution in [0.5, 0.6) is 5.75 Å². The molecular weight excluding hydrogens is 312 g/mol. The second kappa shape index (κ2) is 9.23. The normalized spacial score (nSPS) is 12.0. The number of carbonyl (C=O) groups is 1. The number of benzene rings is 2. The van der Waals surface area contributed by atoms with E-state index in [0.717, 1.165) is 17.7 Å². The van der Waals surface area contributed by atoms with Crippen LogP contribution in [0.1, 0.15) is 29.2 Å². The molecular formula is C21H28N2O2. The molecule has 4 nitrogen and oxygen atoms in total. The zero-order valence-corrected chi connectivity index (χ0v) is 15.6. The van der Waals surface area contributed by atoms with Crippen LogP contribution in [0.15, 0.2) is 48.5 Å². The minimum absolute atomic E-state index is 0.0842. The van der Waals surface area contributed by atoms with Crippen LogP contribution >= 0.6 is 0 Å². The fraction of sp³-hybridized carbons (Fsp3) is 0.381. The summed E-state index contributed by atoms with van der Waals surface area (Å²) in [5.74, 6) is 0.921. The molecule has 0 spiro atoms. The monoisotopic (exact) mass is 340 g/mol. The van der Waals surface area contributed by atoms with Crippen LogP contribution in [-0.4, -0.2) is 38.6 Å². The van der Waals surface area contributed by atoms with Crippen molar-refractivity contribution >= 4 is 5.91 Å². The van der Waals surface area contributed by atoms with Gasteiger partial charge in [0.05, 0.1) is 13.2 Å². The Morgan fingerprint density at radius 2 is 1.72 bits per heavy atom. The van der Waals surface area contributed by atoms with Crippen molar-refractivity contribution in [1.29, 1.82) is 0 Å². The average Bonchev–Trinajstić information content (AvgIpc) is 2.61. The standard InChI is InChI=1S/C21H28N2O2/c1-16-5-7-17(8-6-16)9-14-21(24)22-15-20(23(2)3)18-10-12-19(25-4)13-11-18/h5-8,10-13,20H,9,14-15H2,1-4H3,(H,22,24). The first-order chi connectivity index (χ1) is 12.0. The molecule has 25 heavy (non-hydrogen) atoms. The molecule has 0 aliphatic heterocycles. The van der Waals surface area contributed by atoms with E-state index in [2.05, 4.69) is 41.4 Å². The fourth-order valence-corrected chi connectivity index (χ4v) is 2.74. The van der Waals surface area contributed by atoms with Gasteiger partial charge in [0, 0.05) is 13.0 Å². The number of nitrogens with zero attached hydrogens (tertiary/aromatic N) is 1. The third kappa shape index (κ3) is 5.91. The lowest BCUT2D eigenvalue weighted by Gasteiger charge is -2.25. The first-order valence-electron chi connectivity index (χ1n) is 8.62. The Labute approximate surface area is 150 Å². The number of hydrogen-bond acceptors (Lipinski definition) is 3. The maximum atomic E-state index is 12.2. The Hall–Kier alpha value is -2.33. The summed E-state index contributed by atoms with van der Waals surface area (Å²) in [6.07, 6.45) is 1.27. The molecule has 1 amide bonds. The molecule has 2 aromatic rings. The third-order valence-corrected chi connectivity index (χ3v) is 4.38. The molecule has 0 bridgehead atoms. The summed E-state index contributed by atoms with van der Waals surface area (Å²) in [7, 11) is 5.70.